The highest BCUT2D eigenvalue weighted by molar-refractivity contribution is 7.87. The van der Waals surface area contributed by atoms with Crippen molar-refractivity contribution in [1.82, 2.24) is 0 Å². The van der Waals surface area contributed by atoms with E-state index in [0.717, 1.165) is 0 Å². The third-order valence-electron chi connectivity index (χ3n) is 3.20. The number of halogens is 1. The molecule has 6 nitrogen and oxygen atoms in total. The average molecular weight is 298 g/mol. The summed E-state index contributed by atoms with van der Waals surface area (Å²) in [6.45, 7) is 1.70. The van der Waals surface area contributed by atoms with Crippen LogP contribution in [0.1, 0.15) is 45.4 Å². The van der Waals surface area contributed by atoms with Crippen LogP contribution in [0.15, 0.2) is 0 Å². The molecule has 3 atom stereocenters. The molecule has 0 aromatic heterocycles. The normalized spacial score (nSPS) is 26.9. The zero-order valence-electron chi connectivity index (χ0n) is 10.7. The number of hydrogen-bond acceptors (Lipinski definition) is 5. The van der Waals surface area contributed by atoms with Crippen LogP contribution in [0.25, 0.3) is 0 Å². The van der Waals surface area contributed by atoms with Crippen LogP contribution in [-0.4, -0.2) is 41.3 Å². The van der Waals surface area contributed by atoms with Crippen molar-refractivity contribution < 1.29 is 32.0 Å². The monoisotopic (exact) mass is 298 g/mol. The lowest BCUT2D eigenvalue weighted by atomic mass is 10.2. The van der Waals surface area contributed by atoms with Crippen molar-refractivity contribution in [2.24, 2.45) is 0 Å². The minimum atomic E-state index is -5.19. The first-order valence-electron chi connectivity index (χ1n) is 6.25. The topological polar surface area (TPSA) is 101 Å². The van der Waals surface area contributed by atoms with Gasteiger partial charge in [-0.1, -0.05) is 13.3 Å². The third kappa shape index (κ3) is 3.87. The smallest absolute Gasteiger partial charge is 0.362 e. The zero-order chi connectivity index (χ0) is 14.7. The fraction of sp³-hybridized carbons (Fsp3) is 0.909. The maximum absolute atomic E-state index is 14.3. The predicted molar refractivity (Wildman–Crippen MR) is 64.7 cm³/mol. The van der Waals surface area contributed by atoms with Gasteiger partial charge in [0.1, 0.15) is 6.10 Å². The summed E-state index contributed by atoms with van der Waals surface area (Å²) >= 11 is 0. The molecule has 3 unspecified atom stereocenters. The minimum absolute atomic E-state index is 0.124. The SMILES string of the molecule is CCCCC(F)(C(=O)OC1CCC(O)C1)S(=O)(=O)O. The van der Waals surface area contributed by atoms with Crippen molar-refractivity contribution in [3.05, 3.63) is 0 Å². The molecule has 0 radical (unpaired) electrons. The molecule has 1 saturated carbocycles. The van der Waals surface area contributed by atoms with Crippen LogP contribution in [0.2, 0.25) is 0 Å². The van der Waals surface area contributed by atoms with Gasteiger partial charge in [-0.15, -0.1) is 0 Å². The highest BCUT2D eigenvalue weighted by atomic mass is 32.2. The highest BCUT2D eigenvalue weighted by Gasteiger charge is 2.53. The van der Waals surface area contributed by atoms with Gasteiger partial charge in [-0.05, 0) is 19.3 Å². The molecule has 1 aliphatic rings. The van der Waals surface area contributed by atoms with Gasteiger partial charge in [0.25, 0.3) is 0 Å². The quantitative estimate of drug-likeness (QED) is 0.564. The van der Waals surface area contributed by atoms with E-state index in [9.17, 15) is 22.7 Å². The molecular weight excluding hydrogens is 279 g/mol. The van der Waals surface area contributed by atoms with Gasteiger partial charge in [0.2, 0.25) is 0 Å². The number of unbranched alkanes of at least 4 members (excludes halogenated alkanes) is 1. The Kier molecular flexibility index (Phi) is 5.28. The van der Waals surface area contributed by atoms with E-state index in [2.05, 4.69) is 0 Å². The number of esters is 1. The average Bonchev–Trinajstić information content (AvgIpc) is 2.70. The van der Waals surface area contributed by atoms with E-state index in [1.165, 1.54) is 0 Å². The van der Waals surface area contributed by atoms with Crippen LogP contribution in [0.4, 0.5) is 4.39 Å². The third-order valence-corrected chi connectivity index (χ3v) is 4.38. The summed E-state index contributed by atoms with van der Waals surface area (Å²) in [6, 6.07) is 0. The number of aliphatic hydroxyl groups is 1. The van der Waals surface area contributed by atoms with Gasteiger partial charge in [-0.25, -0.2) is 9.18 Å². The highest BCUT2D eigenvalue weighted by Crippen LogP contribution is 2.30. The Morgan fingerprint density at radius 3 is 2.53 bits per heavy atom. The first kappa shape index (κ1) is 16.3. The second-order valence-electron chi connectivity index (χ2n) is 4.80. The van der Waals surface area contributed by atoms with Crippen LogP contribution in [0.3, 0.4) is 0 Å². The van der Waals surface area contributed by atoms with Crippen LogP contribution in [-0.2, 0) is 19.6 Å². The van der Waals surface area contributed by atoms with Crippen LogP contribution < -0.4 is 0 Å². The van der Waals surface area contributed by atoms with Crippen molar-refractivity contribution in [1.29, 1.82) is 0 Å². The van der Waals surface area contributed by atoms with Gasteiger partial charge >= 0.3 is 21.1 Å². The molecular formula is C11H19FO6S. The molecule has 0 saturated heterocycles. The van der Waals surface area contributed by atoms with E-state index in [1.807, 2.05) is 0 Å². The molecule has 1 aliphatic carbocycles. The second-order valence-corrected chi connectivity index (χ2v) is 6.40. The molecule has 8 heteroatoms. The van der Waals surface area contributed by atoms with Gasteiger partial charge in [0.05, 0.1) is 6.10 Å². The van der Waals surface area contributed by atoms with Gasteiger partial charge < -0.3 is 9.84 Å². The van der Waals surface area contributed by atoms with Crippen molar-refractivity contribution in [2.45, 2.75) is 62.7 Å². The Morgan fingerprint density at radius 1 is 1.47 bits per heavy atom. The van der Waals surface area contributed by atoms with E-state index in [1.54, 1.807) is 6.92 Å². The predicted octanol–water partition coefficient (Wildman–Crippen LogP) is 1.19. The molecule has 0 aromatic rings. The standard InChI is InChI=1S/C11H19FO6S/c1-2-3-6-11(12,19(15,16)17)10(14)18-9-5-4-8(13)7-9/h8-9,13H,2-7H2,1H3,(H,15,16,17). The van der Waals surface area contributed by atoms with Gasteiger partial charge in [-0.2, -0.15) is 8.42 Å². The number of rotatable bonds is 6. The molecule has 0 aromatic carbocycles. The fourth-order valence-electron chi connectivity index (χ4n) is 2.00. The largest absolute Gasteiger partial charge is 0.459 e. The van der Waals surface area contributed by atoms with Gasteiger partial charge in [0.15, 0.2) is 0 Å². The lowest BCUT2D eigenvalue weighted by Gasteiger charge is -2.22. The minimum Gasteiger partial charge on any atom is -0.459 e. The molecule has 2 N–H and O–H groups in total. The van der Waals surface area contributed by atoms with Crippen molar-refractivity contribution in [2.75, 3.05) is 0 Å². The molecule has 0 spiro atoms. The number of hydrogen-bond donors (Lipinski definition) is 2. The Balaban J connectivity index is 2.77. The lowest BCUT2D eigenvalue weighted by molar-refractivity contribution is -0.158. The Labute approximate surface area is 111 Å². The van der Waals surface area contributed by atoms with E-state index in [0.29, 0.717) is 19.3 Å². The van der Waals surface area contributed by atoms with E-state index >= 15 is 0 Å². The van der Waals surface area contributed by atoms with Crippen molar-refractivity contribution in [3.63, 3.8) is 0 Å². The summed E-state index contributed by atoms with van der Waals surface area (Å²) in [5.41, 5.74) is 0. The maximum atomic E-state index is 14.3. The van der Waals surface area contributed by atoms with E-state index in [-0.39, 0.29) is 12.8 Å². The van der Waals surface area contributed by atoms with Gasteiger partial charge in [0, 0.05) is 12.8 Å². The molecule has 0 amide bonds. The summed E-state index contributed by atoms with van der Waals surface area (Å²) in [5.74, 6) is -1.59. The summed E-state index contributed by atoms with van der Waals surface area (Å²) in [6.07, 6.45) is -0.471. The Bertz CT molecular complexity index is 423. The number of ether oxygens (including phenoxy) is 1. The number of carbonyl (C=O) groups excluding carboxylic acids is 1. The lowest BCUT2D eigenvalue weighted by Crippen LogP contribution is -2.44. The maximum Gasteiger partial charge on any atom is 0.362 e. The molecule has 1 fully saturated rings. The summed E-state index contributed by atoms with van der Waals surface area (Å²) in [7, 11) is -5.19. The molecule has 0 heterocycles. The Hall–Kier alpha value is -0.730. The van der Waals surface area contributed by atoms with Gasteiger partial charge in [-0.3, -0.25) is 4.55 Å². The summed E-state index contributed by atoms with van der Waals surface area (Å²) in [4.78, 5) is 11.7. The van der Waals surface area contributed by atoms with Crippen LogP contribution >= 0.6 is 0 Å². The van der Waals surface area contributed by atoms with Crippen molar-refractivity contribution in [3.8, 4) is 0 Å². The van der Waals surface area contributed by atoms with Crippen molar-refractivity contribution >= 4 is 16.1 Å². The number of aliphatic hydroxyl groups excluding tert-OH is 1. The van der Waals surface area contributed by atoms with Crippen LogP contribution in [0.5, 0.6) is 0 Å². The molecule has 0 aliphatic heterocycles. The fourth-order valence-corrected chi connectivity index (χ4v) is 2.67. The van der Waals surface area contributed by atoms with E-state index < -0.39 is 39.7 Å². The van der Waals surface area contributed by atoms with Crippen LogP contribution in [0, 0.1) is 0 Å². The molecule has 0 bridgehead atoms. The Morgan fingerprint density at radius 2 is 2.11 bits per heavy atom. The molecule has 19 heavy (non-hydrogen) atoms. The molecule has 1 rings (SSSR count). The van der Waals surface area contributed by atoms with E-state index in [4.69, 9.17) is 9.29 Å². The number of carbonyl (C=O) groups is 1. The summed E-state index contributed by atoms with van der Waals surface area (Å²) in [5, 5.41) is 5.84. The molecule has 112 valence electrons. The first-order valence-corrected chi connectivity index (χ1v) is 7.69. The first-order chi connectivity index (χ1) is 8.70. The second kappa shape index (κ2) is 6.15. The zero-order valence-corrected chi connectivity index (χ0v) is 11.5. The number of alkyl halides is 1. The summed E-state index contributed by atoms with van der Waals surface area (Å²) < 4.78 is 50.1.